The standard InChI is InChI=1S/C25H29FN4O3/c1-17-6-7-21(14-18(17)2)27-25(33)28-10-8-22(9-11-28)30-13-12-29(23(31)24(30)32)16-19-4-3-5-20(26)15-19/h3-7,14-15,22H,8-13,16H2,1-2H3,(H,27,33). The van der Waals surface area contributed by atoms with Crippen molar-refractivity contribution in [3.63, 3.8) is 0 Å². The molecule has 4 amide bonds. The minimum atomic E-state index is -0.555. The van der Waals surface area contributed by atoms with Crippen LogP contribution in [0.3, 0.4) is 0 Å². The highest BCUT2D eigenvalue weighted by atomic mass is 19.1. The quantitative estimate of drug-likeness (QED) is 0.724. The first-order valence-corrected chi connectivity index (χ1v) is 11.3. The van der Waals surface area contributed by atoms with Crippen LogP contribution >= 0.6 is 0 Å². The fraction of sp³-hybridized carbons (Fsp3) is 0.400. The molecule has 0 aromatic heterocycles. The summed E-state index contributed by atoms with van der Waals surface area (Å²) in [5.74, 6) is -1.44. The number of halogens is 1. The van der Waals surface area contributed by atoms with Crippen LogP contribution in [0.15, 0.2) is 42.5 Å². The Morgan fingerprint density at radius 3 is 2.42 bits per heavy atom. The van der Waals surface area contributed by atoms with E-state index in [0.29, 0.717) is 44.6 Å². The molecule has 0 radical (unpaired) electrons. The van der Waals surface area contributed by atoms with Crippen LogP contribution in [0, 0.1) is 19.7 Å². The van der Waals surface area contributed by atoms with Gasteiger partial charge in [-0.25, -0.2) is 9.18 Å². The van der Waals surface area contributed by atoms with Crippen LogP contribution in [0.5, 0.6) is 0 Å². The maximum Gasteiger partial charge on any atom is 0.321 e. The largest absolute Gasteiger partial charge is 0.330 e. The third-order valence-corrected chi connectivity index (χ3v) is 6.55. The molecule has 2 saturated heterocycles. The molecular formula is C25H29FN4O3. The van der Waals surface area contributed by atoms with Gasteiger partial charge in [-0.05, 0) is 67.6 Å². The summed E-state index contributed by atoms with van der Waals surface area (Å²) < 4.78 is 13.4. The Balaban J connectivity index is 1.29. The number of urea groups is 1. The molecule has 4 rings (SSSR count). The highest BCUT2D eigenvalue weighted by molar-refractivity contribution is 6.35. The zero-order valence-corrected chi connectivity index (χ0v) is 19.0. The van der Waals surface area contributed by atoms with E-state index in [1.807, 2.05) is 32.0 Å². The van der Waals surface area contributed by atoms with Gasteiger partial charge in [-0.1, -0.05) is 18.2 Å². The molecule has 0 aliphatic carbocycles. The molecule has 2 aromatic rings. The summed E-state index contributed by atoms with van der Waals surface area (Å²) in [5, 5.41) is 2.94. The molecular weight excluding hydrogens is 423 g/mol. The maximum atomic E-state index is 13.4. The van der Waals surface area contributed by atoms with Crippen LogP contribution in [0.2, 0.25) is 0 Å². The minimum absolute atomic E-state index is 0.0663. The summed E-state index contributed by atoms with van der Waals surface area (Å²) in [7, 11) is 0. The number of nitrogens with zero attached hydrogens (tertiary/aromatic N) is 3. The number of rotatable bonds is 4. The van der Waals surface area contributed by atoms with E-state index in [1.165, 1.54) is 22.6 Å². The molecule has 2 fully saturated rings. The third-order valence-electron chi connectivity index (χ3n) is 6.55. The molecule has 2 aliphatic heterocycles. The number of amides is 4. The van der Waals surface area contributed by atoms with Gasteiger partial charge in [0.25, 0.3) is 0 Å². The van der Waals surface area contributed by atoms with E-state index in [9.17, 15) is 18.8 Å². The van der Waals surface area contributed by atoms with Gasteiger partial charge in [-0.2, -0.15) is 0 Å². The van der Waals surface area contributed by atoms with Crippen LogP contribution in [-0.2, 0) is 16.1 Å². The van der Waals surface area contributed by atoms with E-state index in [-0.39, 0.29) is 24.4 Å². The summed E-state index contributed by atoms with van der Waals surface area (Å²) in [5.41, 5.74) is 3.71. The van der Waals surface area contributed by atoms with Gasteiger partial charge in [-0.3, -0.25) is 9.59 Å². The number of piperidine rings is 1. The first kappa shape index (κ1) is 22.8. The Hall–Kier alpha value is -3.42. The number of carbonyl (C=O) groups is 3. The smallest absolute Gasteiger partial charge is 0.321 e. The number of benzene rings is 2. The third kappa shape index (κ3) is 5.16. The number of carbonyl (C=O) groups excluding carboxylic acids is 3. The van der Waals surface area contributed by atoms with Gasteiger partial charge in [0, 0.05) is 44.5 Å². The van der Waals surface area contributed by atoms with E-state index < -0.39 is 11.8 Å². The maximum absolute atomic E-state index is 13.4. The zero-order chi connectivity index (χ0) is 23.5. The molecule has 2 aromatic carbocycles. The van der Waals surface area contributed by atoms with Crippen LogP contribution < -0.4 is 5.32 Å². The highest BCUT2D eigenvalue weighted by Crippen LogP contribution is 2.22. The molecule has 1 N–H and O–H groups in total. The molecule has 0 atom stereocenters. The Morgan fingerprint density at radius 2 is 1.73 bits per heavy atom. The van der Waals surface area contributed by atoms with Crippen molar-refractivity contribution in [3.8, 4) is 0 Å². The van der Waals surface area contributed by atoms with Crippen LogP contribution in [0.1, 0.15) is 29.5 Å². The van der Waals surface area contributed by atoms with Gasteiger partial charge in [0.15, 0.2) is 0 Å². The van der Waals surface area contributed by atoms with Gasteiger partial charge < -0.3 is 20.0 Å². The molecule has 0 bridgehead atoms. The van der Waals surface area contributed by atoms with Crippen molar-refractivity contribution in [3.05, 3.63) is 65.0 Å². The topological polar surface area (TPSA) is 73.0 Å². The number of piperazine rings is 1. The van der Waals surface area contributed by atoms with Gasteiger partial charge in [0.2, 0.25) is 0 Å². The molecule has 0 saturated carbocycles. The molecule has 7 nitrogen and oxygen atoms in total. The minimum Gasteiger partial charge on any atom is -0.330 e. The first-order chi connectivity index (χ1) is 15.8. The van der Waals surface area contributed by atoms with Crippen molar-refractivity contribution in [2.75, 3.05) is 31.5 Å². The first-order valence-electron chi connectivity index (χ1n) is 11.3. The second-order valence-electron chi connectivity index (χ2n) is 8.80. The SMILES string of the molecule is Cc1ccc(NC(=O)N2CCC(N3CCN(Cc4cccc(F)c4)C(=O)C3=O)CC2)cc1C. The highest BCUT2D eigenvalue weighted by Gasteiger charge is 2.38. The summed E-state index contributed by atoms with van der Waals surface area (Å²) in [6.07, 6.45) is 1.26. The Morgan fingerprint density at radius 1 is 0.970 bits per heavy atom. The average Bonchev–Trinajstić information content (AvgIpc) is 2.80. The lowest BCUT2D eigenvalue weighted by molar-refractivity contribution is -0.158. The molecule has 2 aliphatic rings. The molecule has 2 heterocycles. The Bertz CT molecular complexity index is 1070. The summed E-state index contributed by atoms with van der Waals surface area (Å²) in [4.78, 5) is 42.9. The Kier molecular flexibility index (Phi) is 6.62. The predicted molar refractivity (Wildman–Crippen MR) is 123 cm³/mol. The average molecular weight is 453 g/mol. The van der Waals surface area contributed by atoms with Crippen molar-refractivity contribution < 1.29 is 18.8 Å². The van der Waals surface area contributed by atoms with Crippen molar-refractivity contribution in [2.24, 2.45) is 0 Å². The van der Waals surface area contributed by atoms with E-state index in [2.05, 4.69) is 5.32 Å². The predicted octanol–water partition coefficient (Wildman–Crippen LogP) is 3.31. The number of anilines is 1. The Labute approximate surface area is 193 Å². The molecule has 0 unspecified atom stereocenters. The van der Waals surface area contributed by atoms with Crippen LogP contribution in [-0.4, -0.2) is 64.8 Å². The lowest BCUT2D eigenvalue weighted by Gasteiger charge is -2.42. The molecule has 33 heavy (non-hydrogen) atoms. The summed E-state index contributed by atoms with van der Waals surface area (Å²) in [6.45, 7) is 6.14. The van der Waals surface area contributed by atoms with Crippen LogP contribution in [0.25, 0.3) is 0 Å². The molecule has 174 valence electrons. The number of aryl methyl sites for hydroxylation is 2. The lowest BCUT2D eigenvalue weighted by atomic mass is 10.0. The summed E-state index contributed by atoms with van der Waals surface area (Å²) >= 11 is 0. The van der Waals surface area contributed by atoms with E-state index in [1.54, 1.807) is 21.9 Å². The van der Waals surface area contributed by atoms with Crippen molar-refractivity contribution in [2.45, 2.75) is 39.3 Å². The summed E-state index contributed by atoms with van der Waals surface area (Å²) in [6, 6.07) is 11.7. The second-order valence-corrected chi connectivity index (χ2v) is 8.80. The van der Waals surface area contributed by atoms with Crippen molar-refractivity contribution in [1.82, 2.24) is 14.7 Å². The lowest BCUT2D eigenvalue weighted by Crippen LogP contribution is -2.59. The molecule has 8 heteroatoms. The second kappa shape index (κ2) is 9.60. The van der Waals surface area contributed by atoms with Crippen LogP contribution in [0.4, 0.5) is 14.9 Å². The number of likely N-dealkylation sites (tertiary alicyclic amines) is 1. The number of hydrogen-bond donors (Lipinski definition) is 1. The van der Waals surface area contributed by atoms with E-state index in [4.69, 9.17) is 0 Å². The van der Waals surface area contributed by atoms with Gasteiger partial charge >= 0.3 is 17.8 Å². The fourth-order valence-electron chi connectivity index (χ4n) is 4.45. The number of hydrogen-bond acceptors (Lipinski definition) is 3. The van der Waals surface area contributed by atoms with Crippen molar-refractivity contribution in [1.29, 1.82) is 0 Å². The van der Waals surface area contributed by atoms with Gasteiger partial charge in [0.1, 0.15) is 5.82 Å². The van der Waals surface area contributed by atoms with Gasteiger partial charge in [0.05, 0.1) is 0 Å². The molecule has 0 spiro atoms. The number of nitrogens with one attached hydrogen (secondary N) is 1. The zero-order valence-electron chi connectivity index (χ0n) is 19.0. The van der Waals surface area contributed by atoms with Crippen molar-refractivity contribution >= 4 is 23.5 Å². The monoisotopic (exact) mass is 452 g/mol. The van der Waals surface area contributed by atoms with Gasteiger partial charge in [-0.15, -0.1) is 0 Å². The van der Waals surface area contributed by atoms with E-state index in [0.717, 1.165) is 11.3 Å². The van der Waals surface area contributed by atoms with E-state index >= 15 is 0 Å². The normalized spacial score (nSPS) is 17.5. The fourth-order valence-corrected chi connectivity index (χ4v) is 4.45.